The standard InChI is InChI=1S/C18H18N8O/c1-3-21-18(27)23-17-22-16-8-13(12-5-4-6-19-9-12)7-14(26(16)24-17)15-10-20-11-25(15)2/h4-11H,3H2,1-2H3,(H2,21,23,24,27). The lowest BCUT2D eigenvalue weighted by molar-refractivity contribution is 0.252. The van der Waals surface area contributed by atoms with E-state index in [1.54, 1.807) is 29.4 Å². The third-order valence-corrected chi connectivity index (χ3v) is 4.07. The van der Waals surface area contributed by atoms with Gasteiger partial charge in [0.2, 0.25) is 0 Å². The monoisotopic (exact) mass is 362 g/mol. The first kappa shape index (κ1) is 16.7. The lowest BCUT2D eigenvalue weighted by atomic mass is 10.1. The van der Waals surface area contributed by atoms with Gasteiger partial charge in [0.1, 0.15) is 0 Å². The number of anilines is 1. The van der Waals surface area contributed by atoms with Crippen molar-refractivity contribution in [3.63, 3.8) is 0 Å². The molecule has 0 atom stereocenters. The highest BCUT2D eigenvalue weighted by atomic mass is 16.2. The molecule has 4 aromatic heterocycles. The van der Waals surface area contributed by atoms with Crippen LogP contribution in [-0.2, 0) is 7.05 Å². The molecule has 27 heavy (non-hydrogen) atoms. The van der Waals surface area contributed by atoms with Crippen LogP contribution in [0.1, 0.15) is 6.92 Å². The summed E-state index contributed by atoms with van der Waals surface area (Å²) in [5.41, 5.74) is 4.20. The molecule has 0 saturated heterocycles. The third-order valence-electron chi connectivity index (χ3n) is 4.07. The average Bonchev–Trinajstić information content (AvgIpc) is 3.27. The number of rotatable bonds is 4. The van der Waals surface area contributed by atoms with Gasteiger partial charge >= 0.3 is 6.03 Å². The molecule has 0 aromatic carbocycles. The van der Waals surface area contributed by atoms with Gasteiger partial charge in [0, 0.05) is 31.5 Å². The molecule has 4 aromatic rings. The van der Waals surface area contributed by atoms with E-state index in [1.165, 1.54) is 0 Å². The number of aryl methyl sites for hydroxylation is 1. The lowest BCUT2D eigenvalue weighted by Crippen LogP contribution is -2.28. The van der Waals surface area contributed by atoms with Crippen molar-refractivity contribution in [1.82, 2.24) is 34.4 Å². The topological polar surface area (TPSA) is 102 Å². The van der Waals surface area contributed by atoms with E-state index >= 15 is 0 Å². The van der Waals surface area contributed by atoms with Crippen LogP contribution in [0.25, 0.3) is 28.2 Å². The van der Waals surface area contributed by atoms with Crippen LogP contribution in [0.3, 0.4) is 0 Å². The predicted octanol–water partition coefficient (Wildman–Crippen LogP) is 2.33. The number of fused-ring (bicyclic) bond motifs is 1. The summed E-state index contributed by atoms with van der Waals surface area (Å²) in [4.78, 5) is 24.6. The molecular weight excluding hydrogens is 344 g/mol. The van der Waals surface area contributed by atoms with Crippen LogP contribution < -0.4 is 10.6 Å². The van der Waals surface area contributed by atoms with Crippen molar-refractivity contribution in [1.29, 1.82) is 0 Å². The normalized spacial score (nSPS) is 10.9. The van der Waals surface area contributed by atoms with Crippen LogP contribution in [-0.4, -0.2) is 41.7 Å². The lowest BCUT2D eigenvalue weighted by Gasteiger charge is -2.08. The van der Waals surface area contributed by atoms with E-state index in [2.05, 4.69) is 30.7 Å². The van der Waals surface area contributed by atoms with Crippen LogP contribution in [0, 0.1) is 0 Å². The molecule has 136 valence electrons. The number of aromatic nitrogens is 6. The van der Waals surface area contributed by atoms with Gasteiger partial charge in [-0.3, -0.25) is 10.3 Å². The first-order valence-corrected chi connectivity index (χ1v) is 8.48. The number of imidazole rings is 1. The van der Waals surface area contributed by atoms with Crippen molar-refractivity contribution >= 4 is 17.6 Å². The van der Waals surface area contributed by atoms with Crippen LogP contribution >= 0.6 is 0 Å². The average molecular weight is 362 g/mol. The largest absolute Gasteiger partial charge is 0.338 e. The second-order valence-corrected chi connectivity index (χ2v) is 5.95. The summed E-state index contributed by atoms with van der Waals surface area (Å²) in [6.45, 7) is 2.36. The fraction of sp³-hybridized carbons (Fsp3) is 0.167. The van der Waals surface area contributed by atoms with E-state index in [1.807, 2.05) is 42.8 Å². The fourth-order valence-electron chi connectivity index (χ4n) is 2.83. The van der Waals surface area contributed by atoms with E-state index in [9.17, 15) is 4.79 Å². The highest BCUT2D eigenvalue weighted by Gasteiger charge is 2.15. The summed E-state index contributed by atoms with van der Waals surface area (Å²) < 4.78 is 3.60. The maximum Gasteiger partial charge on any atom is 0.321 e. The first-order chi connectivity index (χ1) is 13.2. The van der Waals surface area contributed by atoms with Gasteiger partial charge in [0.15, 0.2) is 5.65 Å². The molecule has 0 bridgehead atoms. The summed E-state index contributed by atoms with van der Waals surface area (Å²) in [7, 11) is 1.91. The fourth-order valence-corrected chi connectivity index (χ4v) is 2.83. The number of pyridine rings is 2. The number of nitrogens with zero attached hydrogens (tertiary/aromatic N) is 6. The van der Waals surface area contributed by atoms with E-state index in [0.29, 0.717) is 12.2 Å². The summed E-state index contributed by atoms with van der Waals surface area (Å²) in [5, 5.41) is 9.76. The van der Waals surface area contributed by atoms with Crippen molar-refractivity contribution in [2.45, 2.75) is 6.92 Å². The Labute approximate surface area is 155 Å². The van der Waals surface area contributed by atoms with Gasteiger partial charge in [-0.15, -0.1) is 5.10 Å². The Morgan fingerprint density at radius 3 is 2.74 bits per heavy atom. The molecule has 0 unspecified atom stereocenters. The smallest absolute Gasteiger partial charge is 0.321 e. The quantitative estimate of drug-likeness (QED) is 0.580. The van der Waals surface area contributed by atoms with Gasteiger partial charge in [0.05, 0.1) is 23.9 Å². The maximum atomic E-state index is 11.8. The summed E-state index contributed by atoms with van der Waals surface area (Å²) in [5.74, 6) is 0.229. The number of nitrogens with one attached hydrogen (secondary N) is 2. The molecular formula is C18H18N8O. The Kier molecular flexibility index (Phi) is 4.25. The highest BCUT2D eigenvalue weighted by molar-refractivity contribution is 5.87. The van der Waals surface area contributed by atoms with Crippen molar-refractivity contribution in [2.24, 2.45) is 7.05 Å². The zero-order chi connectivity index (χ0) is 18.8. The number of carbonyl (C=O) groups is 1. The molecule has 0 fully saturated rings. The molecule has 2 amide bonds. The van der Waals surface area contributed by atoms with E-state index < -0.39 is 0 Å². The molecule has 9 nitrogen and oxygen atoms in total. The molecule has 9 heteroatoms. The van der Waals surface area contributed by atoms with E-state index in [4.69, 9.17) is 0 Å². The van der Waals surface area contributed by atoms with Gasteiger partial charge in [-0.05, 0) is 30.7 Å². The Balaban J connectivity index is 1.88. The Bertz CT molecular complexity index is 1100. The number of amides is 2. The molecule has 0 aliphatic carbocycles. The second kappa shape index (κ2) is 6.87. The second-order valence-electron chi connectivity index (χ2n) is 5.95. The van der Waals surface area contributed by atoms with E-state index in [-0.39, 0.29) is 12.0 Å². The maximum absolute atomic E-state index is 11.8. The van der Waals surface area contributed by atoms with Crippen LogP contribution in [0.15, 0.2) is 49.2 Å². The molecule has 0 aliphatic rings. The summed E-state index contributed by atoms with van der Waals surface area (Å²) in [6.07, 6.45) is 7.02. The van der Waals surface area contributed by atoms with Gasteiger partial charge in [0.25, 0.3) is 5.95 Å². The number of hydrogen-bond donors (Lipinski definition) is 2. The number of urea groups is 1. The van der Waals surface area contributed by atoms with Crippen LogP contribution in [0.5, 0.6) is 0 Å². The van der Waals surface area contributed by atoms with Crippen molar-refractivity contribution in [2.75, 3.05) is 11.9 Å². The molecule has 4 heterocycles. The Morgan fingerprint density at radius 1 is 1.15 bits per heavy atom. The predicted molar refractivity (Wildman–Crippen MR) is 101 cm³/mol. The van der Waals surface area contributed by atoms with Crippen LogP contribution in [0.4, 0.5) is 10.7 Å². The SMILES string of the molecule is CCNC(=O)Nc1nc2cc(-c3cccnc3)cc(-c3cncn3C)n2n1. The molecule has 0 aliphatic heterocycles. The number of carbonyl (C=O) groups excluding carboxylic acids is 1. The van der Waals surface area contributed by atoms with Gasteiger partial charge in [-0.1, -0.05) is 6.07 Å². The van der Waals surface area contributed by atoms with Crippen molar-refractivity contribution in [3.8, 4) is 22.5 Å². The molecule has 4 rings (SSSR count). The number of hydrogen-bond acceptors (Lipinski definition) is 5. The molecule has 0 radical (unpaired) electrons. The van der Waals surface area contributed by atoms with Gasteiger partial charge in [-0.25, -0.2) is 14.3 Å². The van der Waals surface area contributed by atoms with Crippen LogP contribution in [0.2, 0.25) is 0 Å². The molecule has 2 N–H and O–H groups in total. The minimum absolute atomic E-state index is 0.229. The van der Waals surface area contributed by atoms with Crippen molar-refractivity contribution in [3.05, 3.63) is 49.2 Å². The Morgan fingerprint density at radius 2 is 2.04 bits per heavy atom. The van der Waals surface area contributed by atoms with Gasteiger partial charge in [-0.2, -0.15) is 4.98 Å². The third kappa shape index (κ3) is 3.22. The van der Waals surface area contributed by atoms with Gasteiger partial charge < -0.3 is 9.88 Å². The van der Waals surface area contributed by atoms with Crippen molar-refractivity contribution < 1.29 is 4.79 Å². The summed E-state index contributed by atoms with van der Waals surface area (Å²) >= 11 is 0. The molecule has 0 saturated carbocycles. The minimum Gasteiger partial charge on any atom is -0.338 e. The molecule has 0 spiro atoms. The minimum atomic E-state index is -0.344. The van der Waals surface area contributed by atoms with E-state index in [0.717, 1.165) is 22.5 Å². The zero-order valence-electron chi connectivity index (χ0n) is 14.9. The Hall–Kier alpha value is -3.75. The zero-order valence-corrected chi connectivity index (χ0v) is 14.9. The first-order valence-electron chi connectivity index (χ1n) is 8.48. The summed E-state index contributed by atoms with van der Waals surface area (Å²) in [6, 6.07) is 7.44. The highest BCUT2D eigenvalue weighted by Crippen LogP contribution is 2.27.